The van der Waals surface area contributed by atoms with Gasteiger partial charge in [-0.25, -0.2) is 0 Å². The molecule has 0 unspecified atom stereocenters. The quantitative estimate of drug-likeness (QED) is 0.528. The number of phenolic OH excluding ortho intramolecular Hbond substituents is 1. The fraction of sp³-hybridized carbons (Fsp3) is 0.100. The summed E-state index contributed by atoms with van der Waals surface area (Å²) in [7, 11) is 0. The van der Waals surface area contributed by atoms with E-state index in [0.29, 0.717) is 0 Å². The summed E-state index contributed by atoms with van der Waals surface area (Å²) >= 11 is 0. The molecule has 9 heteroatoms. The van der Waals surface area contributed by atoms with Gasteiger partial charge in [0, 0.05) is 6.92 Å². The average Bonchev–Trinajstić information content (AvgIpc) is 2.84. The molecule has 0 atom stereocenters. The predicted molar refractivity (Wildman–Crippen MR) is 61.5 cm³/mol. The summed E-state index contributed by atoms with van der Waals surface area (Å²) in [6, 6.07) is 4.18. The fourth-order valence-electron chi connectivity index (χ4n) is 1.33. The van der Waals surface area contributed by atoms with E-state index in [1.54, 1.807) is 0 Å². The van der Waals surface area contributed by atoms with Gasteiger partial charge in [0.05, 0.1) is 5.56 Å². The topological polar surface area (TPSA) is 130 Å². The van der Waals surface area contributed by atoms with Gasteiger partial charge < -0.3 is 9.84 Å². The lowest BCUT2D eigenvalue weighted by Crippen LogP contribution is -2.14. The van der Waals surface area contributed by atoms with Gasteiger partial charge in [-0.15, -0.1) is 5.10 Å². The van der Waals surface area contributed by atoms with Crippen LogP contribution in [-0.2, 0) is 4.79 Å². The van der Waals surface area contributed by atoms with Crippen LogP contribution < -0.4 is 10.1 Å². The maximum absolute atomic E-state index is 11.8. The van der Waals surface area contributed by atoms with E-state index in [4.69, 9.17) is 4.74 Å². The number of hydrogen-bond donors (Lipinski definition) is 3. The third-order valence-corrected chi connectivity index (χ3v) is 2.07. The van der Waals surface area contributed by atoms with Crippen LogP contribution in [0.4, 0.5) is 5.95 Å². The molecule has 9 nitrogen and oxygen atoms in total. The third kappa shape index (κ3) is 2.83. The third-order valence-electron chi connectivity index (χ3n) is 2.07. The zero-order valence-electron chi connectivity index (χ0n) is 9.75. The molecule has 2 rings (SSSR count). The van der Waals surface area contributed by atoms with Crippen LogP contribution in [0.25, 0.3) is 0 Å². The minimum atomic E-state index is -0.659. The second kappa shape index (κ2) is 5.12. The van der Waals surface area contributed by atoms with Crippen molar-refractivity contribution in [2.45, 2.75) is 6.92 Å². The Bertz CT molecular complexity index is 610. The molecule has 98 valence electrons. The van der Waals surface area contributed by atoms with Crippen LogP contribution in [0.5, 0.6) is 11.5 Å². The number of para-hydroxylation sites is 1. The molecule has 0 saturated heterocycles. The molecule has 2 aromatic rings. The Hall–Kier alpha value is -2.97. The first-order valence-corrected chi connectivity index (χ1v) is 5.13. The van der Waals surface area contributed by atoms with Crippen molar-refractivity contribution in [1.82, 2.24) is 20.6 Å². The van der Waals surface area contributed by atoms with E-state index in [1.165, 1.54) is 25.1 Å². The highest BCUT2D eigenvalue weighted by atomic mass is 16.5. The normalized spacial score (nSPS) is 9.95. The van der Waals surface area contributed by atoms with Crippen molar-refractivity contribution in [3.05, 3.63) is 23.8 Å². The number of aromatic nitrogens is 4. The Kier molecular flexibility index (Phi) is 3.37. The van der Waals surface area contributed by atoms with Crippen molar-refractivity contribution in [1.29, 1.82) is 0 Å². The number of aromatic amines is 1. The van der Waals surface area contributed by atoms with Gasteiger partial charge in [-0.05, 0) is 17.3 Å². The van der Waals surface area contributed by atoms with Crippen LogP contribution in [0, 0.1) is 0 Å². The molecule has 0 fully saturated rings. The molecule has 0 aliphatic carbocycles. The van der Waals surface area contributed by atoms with Crippen molar-refractivity contribution in [3.63, 3.8) is 0 Å². The van der Waals surface area contributed by atoms with E-state index < -0.39 is 17.6 Å². The van der Waals surface area contributed by atoms with Gasteiger partial charge in [-0.3, -0.25) is 14.9 Å². The van der Waals surface area contributed by atoms with Crippen molar-refractivity contribution < 1.29 is 19.4 Å². The number of ether oxygens (including phenoxy) is 1. The zero-order valence-corrected chi connectivity index (χ0v) is 9.75. The number of carbonyl (C=O) groups is 2. The minimum Gasteiger partial charge on any atom is -0.504 e. The van der Waals surface area contributed by atoms with Gasteiger partial charge in [-0.1, -0.05) is 11.2 Å². The van der Waals surface area contributed by atoms with E-state index in [1.807, 2.05) is 0 Å². The fourth-order valence-corrected chi connectivity index (χ4v) is 1.33. The number of aromatic hydroxyl groups is 1. The molecule has 0 aliphatic heterocycles. The van der Waals surface area contributed by atoms with Crippen LogP contribution in [0.2, 0.25) is 0 Å². The smallest absolute Gasteiger partial charge is 0.308 e. The number of nitrogens with zero attached hydrogens (tertiary/aromatic N) is 3. The second-order valence-corrected chi connectivity index (χ2v) is 3.44. The molecule has 1 aromatic heterocycles. The molecule has 1 amide bonds. The van der Waals surface area contributed by atoms with Crippen molar-refractivity contribution in [2.75, 3.05) is 5.32 Å². The summed E-state index contributed by atoms with van der Waals surface area (Å²) in [5.41, 5.74) is -0.0800. The number of hydrogen-bond acceptors (Lipinski definition) is 7. The summed E-state index contributed by atoms with van der Waals surface area (Å²) in [5.74, 6) is -1.85. The summed E-state index contributed by atoms with van der Waals surface area (Å²) in [6.45, 7) is 1.19. The number of amides is 1. The Morgan fingerprint density at radius 3 is 2.84 bits per heavy atom. The maximum atomic E-state index is 11.8. The van der Waals surface area contributed by atoms with E-state index in [0.717, 1.165) is 0 Å². The molecule has 0 bridgehead atoms. The van der Waals surface area contributed by atoms with Crippen LogP contribution in [0.1, 0.15) is 17.3 Å². The molecule has 1 heterocycles. The van der Waals surface area contributed by atoms with Crippen molar-refractivity contribution >= 4 is 17.8 Å². The lowest BCUT2D eigenvalue weighted by Gasteiger charge is -2.08. The zero-order chi connectivity index (χ0) is 13.8. The van der Waals surface area contributed by atoms with Gasteiger partial charge in [0.25, 0.3) is 11.9 Å². The minimum absolute atomic E-state index is 0.0395. The molecular formula is C10H9N5O4. The molecule has 0 aliphatic rings. The number of nitrogens with one attached hydrogen (secondary N) is 2. The lowest BCUT2D eigenvalue weighted by molar-refractivity contribution is -0.132. The van der Waals surface area contributed by atoms with E-state index in [2.05, 4.69) is 25.9 Å². The Balaban J connectivity index is 2.24. The van der Waals surface area contributed by atoms with Crippen molar-refractivity contribution in [3.8, 4) is 11.5 Å². The highest BCUT2D eigenvalue weighted by Gasteiger charge is 2.17. The lowest BCUT2D eigenvalue weighted by atomic mass is 10.1. The molecule has 0 saturated carbocycles. The van der Waals surface area contributed by atoms with Gasteiger partial charge in [-0.2, -0.15) is 5.21 Å². The molecule has 1 aromatic carbocycles. The van der Waals surface area contributed by atoms with Gasteiger partial charge in [0.2, 0.25) is 0 Å². The van der Waals surface area contributed by atoms with Gasteiger partial charge >= 0.3 is 5.97 Å². The first-order valence-electron chi connectivity index (χ1n) is 5.13. The van der Waals surface area contributed by atoms with Gasteiger partial charge in [0.1, 0.15) is 0 Å². The summed E-state index contributed by atoms with van der Waals surface area (Å²) in [5, 5.41) is 24.6. The van der Waals surface area contributed by atoms with Crippen LogP contribution in [0.15, 0.2) is 18.2 Å². The predicted octanol–water partition coefficient (Wildman–Crippen LogP) is 0.0829. The first kappa shape index (κ1) is 12.5. The highest BCUT2D eigenvalue weighted by molar-refractivity contribution is 6.05. The van der Waals surface area contributed by atoms with Crippen LogP contribution in [0.3, 0.4) is 0 Å². The number of rotatable bonds is 3. The first-order chi connectivity index (χ1) is 9.08. The number of benzene rings is 1. The molecule has 19 heavy (non-hydrogen) atoms. The SMILES string of the molecule is CC(=O)Oc1cccc(C(=O)Nc2nn[nH]n2)c1O. The second-order valence-electron chi connectivity index (χ2n) is 3.44. The standard InChI is InChI=1S/C10H9N5O4/c1-5(16)19-7-4-2-3-6(8(7)17)9(18)11-10-12-14-15-13-10/h2-4,17H,1H3,(H2,11,12,13,14,15,18). The number of anilines is 1. The molecular weight excluding hydrogens is 254 g/mol. The number of carbonyl (C=O) groups excluding carboxylic acids is 2. The number of phenols is 1. The van der Waals surface area contributed by atoms with Crippen molar-refractivity contribution in [2.24, 2.45) is 0 Å². The largest absolute Gasteiger partial charge is 0.504 e. The summed E-state index contributed by atoms with van der Waals surface area (Å²) in [4.78, 5) is 22.7. The molecule has 3 N–H and O–H groups in total. The highest BCUT2D eigenvalue weighted by Crippen LogP contribution is 2.30. The van der Waals surface area contributed by atoms with E-state index >= 15 is 0 Å². The summed E-state index contributed by atoms with van der Waals surface area (Å²) in [6.07, 6.45) is 0. The number of H-pyrrole nitrogens is 1. The molecule has 0 spiro atoms. The Labute approximate surface area is 106 Å². The number of esters is 1. The van der Waals surface area contributed by atoms with Gasteiger partial charge in [0.15, 0.2) is 11.5 Å². The summed E-state index contributed by atoms with van der Waals surface area (Å²) < 4.78 is 4.75. The number of tetrazole rings is 1. The Morgan fingerprint density at radius 1 is 1.42 bits per heavy atom. The van der Waals surface area contributed by atoms with Crippen LogP contribution in [-0.4, -0.2) is 37.6 Å². The average molecular weight is 263 g/mol. The van der Waals surface area contributed by atoms with Crippen LogP contribution >= 0.6 is 0 Å². The molecule has 0 radical (unpaired) electrons. The monoisotopic (exact) mass is 263 g/mol. The van der Waals surface area contributed by atoms with E-state index in [9.17, 15) is 14.7 Å². The Morgan fingerprint density at radius 2 is 2.21 bits per heavy atom. The van der Waals surface area contributed by atoms with E-state index in [-0.39, 0.29) is 17.3 Å². The maximum Gasteiger partial charge on any atom is 0.308 e.